The Hall–Kier alpha value is -2.92. The summed E-state index contributed by atoms with van der Waals surface area (Å²) in [6, 6.07) is 14.9. The van der Waals surface area contributed by atoms with Crippen LogP contribution >= 0.6 is 11.6 Å². The lowest BCUT2D eigenvalue weighted by atomic mass is 10.1. The summed E-state index contributed by atoms with van der Waals surface area (Å²) in [5, 5.41) is 3.26. The third-order valence-corrected chi connectivity index (χ3v) is 3.93. The van der Waals surface area contributed by atoms with Gasteiger partial charge in [-0.3, -0.25) is 4.79 Å². The smallest absolute Gasteiger partial charge is 0.228 e. The number of nitrogens with one attached hydrogen (secondary N) is 1. The first-order valence-corrected chi connectivity index (χ1v) is 8.03. The number of hydrogen-bond donors (Lipinski definition) is 1. The molecule has 1 aromatic heterocycles. The molecule has 1 amide bonds. The maximum Gasteiger partial charge on any atom is 0.228 e. The van der Waals surface area contributed by atoms with Crippen LogP contribution in [0, 0.1) is 0 Å². The Bertz CT molecular complexity index is 868. The Morgan fingerprint density at radius 1 is 1.12 bits per heavy atom. The average Bonchev–Trinajstić information content (AvgIpc) is 2.64. The number of aromatic nitrogens is 2. The van der Waals surface area contributed by atoms with Gasteiger partial charge in [0.1, 0.15) is 5.75 Å². The molecule has 3 aromatic rings. The number of methoxy groups -OCH3 is 1. The topological polar surface area (TPSA) is 64.1 Å². The van der Waals surface area contributed by atoms with Gasteiger partial charge in [0, 0.05) is 10.6 Å². The SMILES string of the molecule is COc1ccc(CC(=O)Nc2cnc(-c3ccccc3)nc2)c(Cl)c1. The van der Waals surface area contributed by atoms with Gasteiger partial charge < -0.3 is 10.1 Å². The van der Waals surface area contributed by atoms with Crippen molar-refractivity contribution in [1.82, 2.24) is 9.97 Å². The number of carbonyl (C=O) groups excluding carboxylic acids is 1. The molecule has 0 aliphatic heterocycles. The van der Waals surface area contributed by atoms with E-state index in [0.717, 1.165) is 11.1 Å². The van der Waals surface area contributed by atoms with Crippen LogP contribution in [0.15, 0.2) is 60.9 Å². The number of benzene rings is 2. The molecule has 126 valence electrons. The van der Waals surface area contributed by atoms with E-state index in [-0.39, 0.29) is 12.3 Å². The Labute approximate surface area is 150 Å². The summed E-state index contributed by atoms with van der Waals surface area (Å²) in [4.78, 5) is 20.7. The molecule has 3 rings (SSSR count). The van der Waals surface area contributed by atoms with E-state index in [1.165, 1.54) is 0 Å². The van der Waals surface area contributed by atoms with Crippen molar-refractivity contribution in [2.24, 2.45) is 0 Å². The summed E-state index contributed by atoms with van der Waals surface area (Å²) >= 11 is 6.16. The minimum absolute atomic E-state index is 0.156. The van der Waals surface area contributed by atoms with Gasteiger partial charge in [-0.1, -0.05) is 48.0 Å². The van der Waals surface area contributed by atoms with E-state index in [9.17, 15) is 4.79 Å². The molecule has 0 saturated heterocycles. The molecule has 0 aliphatic rings. The number of halogens is 1. The highest BCUT2D eigenvalue weighted by Crippen LogP contribution is 2.23. The summed E-state index contributed by atoms with van der Waals surface area (Å²) in [5.74, 6) is 1.07. The highest BCUT2D eigenvalue weighted by atomic mass is 35.5. The molecule has 25 heavy (non-hydrogen) atoms. The lowest BCUT2D eigenvalue weighted by Gasteiger charge is -2.08. The van der Waals surface area contributed by atoms with Crippen molar-refractivity contribution in [3.63, 3.8) is 0 Å². The van der Waals surface area contributed by atoms with Crippen molar-refractivity contribution in [3.8, 4) is 17.1 Å². The van der Waals surface area contributed by atoms with Crippen molar-refractivity contribution in [2.75, 3.05) is 12.4 Å². The monoisotopic (exact) mass is 353 g/mol. The Kier molecular flexibility index (Phi) is 5.26. The predicted octanol–water partition coefficient (Wildman–Crippen LogP) is 3.99. The molecule has 0 fully saturated rings. The lowest BCUT2D eigenvalue weighted by Crippen LogP contribution is -2.15. The van der Waals surface area contributed by atoms with Crippen LogP contribution in [0.2, 0.25) is 5.02 Å². The summed E-state index contributed by atoms with van der Waals surface area (Å²) in [6.07, 6.45) is 3.33. The fourth-order valence-corrected chi connectivity index (χ4v) is 2.54. The zero-order chi connectivity index (χ0) is 17.6. The van der Waals surface area contributed by atoms with Gasteiger partial charge in [-0.15, -0.1) is 0 Å². The van der Waals surface area contributed by atoms with Gasteiger partial charge in [-0.25, -0.2) is 9.97 Å². The van der Waals surface area contributed by atoms with Gasteiger partial charge in [0.25, 0.3) is 0 Å². The van der Waals surface area contributed by atoms with Crippen LogP contribution in [0.4, 0.5) is 5.69 Å². The van der Waals surface area contributed by atoms with Crippen LogP contribution in [-0.4, -0.2) is 23.0 Å². The molecule has 0 spiro atoms. The maximum absolute atomic E-state index is 12.2. The van der Waals surface area contributed by atoms with E-state index in [1.807, 2.05) is 30.3 Å². The van der Waals surface area contributed by atoms with Crippen LogP contribution in [0.5, 0.6) is 5.75 Å². The van der Waals surface area contributed by atoms with Crippen LogP contribution in [0.1, 0.15) is 5.56 Å². The highest BCUT2D eigenvalue weighted by molar-refractivity contribution is 6.31. The molecule has 0 bridgehead atoms. The second kappa shape index (κ2) is 7.77. The van der Waals surface area contributed by atoms with Crippen molar-refractivity contribution in [1.29, 1.82) is 0 Å². The van der Waals surface area contributed by atoms with Crippen molar-refractivity contribution >= 4 is 23.2 Å². The standard InChI is InChI=1S/C19H16ClN3O2/c1-25-16-8-7-14(17(20)10-16)9-18(24)23-15-11-21-19(22-12-15)13-5-3-2-4-6-13/h2-8,10-12H,9H2,1H3,(H,23,24). The Morgan fingerprint density at radius 3 is 2.48 bits per heavy atom. The van der Waals surface area contributed by atoms with E-state index in [4.69, 9.17) is 16.3 Å². The third kappa shape index (κ3) is 4.33. The van der Waals surface area contributed by atoms with E-state index in [0.29, 0.717) is 22.3 Å². The van der Waals surface area contributed by atoms with Gasteiger partial charge in [-0.05, 0) is 17.7 Å². The largest absolute Gasteiger partial charge is 0.497 e. The first-order valence-electron chi connectivity index (χ1n) is 7.65. The molecule has 1 heterocycles. The van der Waals surface area contributed by atoms with Gasteiger partial charge in [0.15, 0.2) is 5.82 Å². The first kappa shape index (κ1) is 16.9. The maximum atomic E-state index is 12.2. The molecule has 0 saturated carbocycles. The van der Waals surface area contributed by atoms with Crippen molar-refractivity contribution in [2.45, 2.75) is 6.42 Å². The number of nitrogens with zero attached hydrogens (tertiary/aromatic N) is 2. The second-order valence-electron chi connectivity index (χ2n) is 5.34. The third-order valence-electron chi connectivity index (χ3n) is 3.58. The van der Waals surface area contributed by atoms with Crippen LogP contribution in [-0.2, 0) is 11.2 Å². The number of anilines is 1. The van der Waals surface area contributed by atoms with Crippen molar-refractivity contribution < 1.29 is 9.53 Å². The quantitative estimate of drug-likeness (QED) is 0.753. The molecule has 2 aromatic carbocycles. The number of amides is 1. The minimum Gasteiger partial charge on any atom is -0.497 e. The summed E-state index contributed by atoms with van der Waals surface area (Å²) < 4.78 is 5.10. The van der Waals surface area contributed by atoms with E-state index in [1.54, 1.807) is 37.7 Å². The van der Waals surface area contributed by atoms with E-state index < -0.39 is 0 Å². The minimum atomic E-state index is -0.192. The number of hydrogen-bond acceptors (Lipinski definition) is 4. The van der Waals surface area contributed by atoms with Crippen LogP contribution in [0.25, 0.3) is 11.4 Å². The number of ether oxygens (including phenoxy) is 1. The predicted molar refractivity (Wildman–Crippen MR) is 97.8 cm³/mol. The van der Waals surface area contributed by atoms with E-state index >= 15 is 0 Å². The van der Waals surface area contributed by atoms with Gasteiger partial charge >= 0.3 is 0 Å². The fraction of sp³-hybridized carbons (Fsp3) is 0.105. The first-order chi connectivity index (χ1) is 12.2. The normalized spacial score (nSPS) is 10.3. The van der Waals surface area contributed by atoms with E-state index in [2.05, 4.69) is 15.3 Å². The zero-order valence-corrected chi connectivity index (χ0v) is 14.3. The summed E-state index contributed by atoms with van der Waals surface area (Å²) in [5.41, 5.74) is 2.18. The lowest BCUT2D eigenvalue weighted by molar-refractivity contribution is -0.115. The molecule has 6 heteroatoms. The second-order valence-corrected chi connectivity index (χ2v) is 5.75. The molecule has 0 aliphatic carbocycles. The number of rotatable bonds is 5. The van der Waals surface area contributed by atoms with Crippen LogP contribution < -0.4 is 10.1 Å². The van der Waals surface area contributed by atoms with Gasteiger partial charge in [-0.2, -0.15) is 0 Å². The highest BCUT2D eigenvalue weighted by Gasteiger charge is 2.09. The molecule has 1 N–H and O–H groups in total. The summed E-state index contributed by atoms with van der Waals surface area (Å²) in [7, 11) is 1.57. The molecule has 0 radical (unpaired) electrons. The Balaban J connectivity index is 1.65. The molecule has 0 atom stereocenters. The average molecular weight is 354 g/mol. The van der Waals surface area contributed by atoms with Gasteiger partial charge in [0.05, 0.1) is 31.6 Å². The molecular formula is C19H16ClN3O2. The molecular weight excluding hydrogens is 338 g/mol. The van der Waals surface area contributed by atoms with Crippen LogP contribution in [0.3, 0.4) is 0 Å². The fourth-order valence-electron chi connectivity index (χ4n) is 2.31. The van der Waals surface area contributed by atoms with Crippen molar-refractivity contribution in [3.05, 3.63) is 71.5 Å². The summed E-state index contributed by atoms with van der Waals surface area (Å²) in [6.45, 7) is 0. The van der Waals surface area contributed by atoms with Gasteiger partial charge in [0.2, 0.25) is 5.91 Å². The number of carbonyl (C=O) groups is 1. The zero-order valence-electron chi connectivity index (χ0n) is 13.6. The molecule has 0 unspecified atom stereocenters. The molecule has 5 nitrogen and oxygen atoms in total. The Morgan fingerprint density at radius 2 is 1.84 bits per heavy atom.